The van der Waals surface area contributed by atoms with Crippen LogP contribution in [0.3, 0.4) is 0 Å². The van der Waals surface area contributed by atoms with Gasteiger partial charge >= 0.3 is 5.97 Å². The number of carbonyl (C=O) groups is 2. The van der Waals surface area contributed by atoms with Crippen LogP contribution in [0.1, 0.15) is 39.0 Å². The number of allylic oxidation sites excluding steroid dienone is 2. The molecule has 0 aliphatic carbocycles. The summed E-state index contributed by atoms with van der Waals surface area (Å²) in [5, 5.41) is 11.5. The van der Waals surface area contributed by atoms with Crippen molar-refractivity contribution in [3.63, 3.8) is 0 Å². The third-order valence-electron chi connectivity index (χ3n) is 2.40. The molecule has 0 aromatic heterocycles. The molecular weight excluding hydrogens is 250 g/mol. The van der Waals surface area contributed by atoms with Crippen LogP contribution < -0.4 is 5.32 Å². The lowest BCUT2D eigenvalue weighted by atomic mass is 10.2. The van der Waals surface area contributed by atoms with Crippen molar-refractivity contribution < 1.29 is 14.7 Å². The molecule has 1 atom stereocenters. The highest BCUT2D eigenvalue weighted by molar-refractivity contribution is 7.98. The van der Waals surface area contributed by atoms with Gasteiger partial charge in [-0.2, -0.15) is 11.8 Å². The van der Waals surface area contributed by atoms with E-state index in [2.05, 4.69) is 18.3 Å². The van der Waals surface area contributed by atoms with Gasteiger partial charge in [-0.25, -0.2) is 4.79 Å². The predicted molar refractivity (Wildman–Crippen MR) is 75.8 cm³/mol. The van der Waals surface area contributed by atoms with Crippen LogP contribution in [0.4, 0.5) is 0 Å². The second-order valence-corrected chi connectivity index (χ2v) is 5.02. The van der Waals surface area contributed by atoms with Crippen molar-refractivity contribution in [1.82, 2.24) is 5.32 Å². The van der Waals surface area contributed by atoms with Gasteiger partial charge in [-0.15, -0.1) is 0 Å². The highest BCUT2D eigenvalue weighted by Crippen LogP contribution is 2.02. The highest BCUT2D eigenvalue weighted by Gasteiger charge is 2.18. The first-order chi connectivity index (χ1) is 8.61. The van der Waals surface area contributed by atoms with E-state index in [4.69, 9.17) is 5.11 Å². The molecule has 0 aromatic carbocycles. The number of rotatable bonds is 10. The SMILES string of the molecule is CCCC=CCCC(=O)N[C@@H](CCSC)C(=O)O. The molecule has 0 saturated carbocycles. The fourth-order valence-electron chi connectivity index (χ4n) is 1.38. The van der Waals surface area contributed by atoms with Crippen molar-refractivity contribution in [2.45, 2.75) is 45.1 Å². The maximum absolute atomic E-state index is 11.5. The molecule has 1 amide bonds. The fourth-order valence-corrected chi connectivity index (χ4v) is 1.85. The molecule has 0 saturated heterocycles. The number of hydrogen-bond acceptors (Lipinski definition) is 3. The van der Waals surface area contributed by atoms with Gasteiger partial charge in [0.15, 0.2) is 0 Å². The van der Waals surface area contributed by atoms with Crippen LogP contribution in [0.25, 0.3) is 0 Å². The van der Waals surface area contributed by atoms with Crippen LogP contribution in [0.5, 0.6) is 0 Å². The minimum atomic E-state index is -0.959. The quantitative estimate of drug-likeness (QED) is 0.600. The number of nitrogens with one attached hydrogen (secondary N) is 1. The summed E-state index contributed by atoms with van der Waals surface area (Å²) >= 11 is 1.58. The van der Waals surface area contributed by atoms with Gasteiger partial charge in [-0.05, 0) is 31.3 Å². The minimum Gasteiger partial charge on any atom is -0.480 e. The van der Waals surface area contributed by atoms with Gasteiger partial charge in [0.1, 0.15) is 6.04 Å². The Morgan fingerprint density at radius 2 is 2.00 bits per heavy atom. The van der Waals surface area contributed by atoms with Gasteiger partial charge in [0.05, 0.1) is 0 Å². The molecule has 0 rings (SSSR count). The third-order valence-corrected chi connectivity index (χ3v) is 3.05. The van der Waals surface area contributed by atoms with Gasteiger partial charge in [-0.1, -0.05) is 25.5 Å². The van der Waals surface area contributed by atoms with Crippen molar-refractivity contribution in [2.24, 2.45) is 0 Å². The number of carboxylic acid groups (broad SMARTS) is 1. The Bertz CT molecular complexity index is 279. The zero-order valence-corrected chi connectivity index (χ0v) is 12.0. The first-order valence-electron chi connectivity index (χ1n) is 6.27. The van der Waals surface area contributed by atoms with Crippen molar-refractivity contribution >= 4 is 23.6 Å². The fraction of sp³-hybridized carbons (Fsp3) is 0.692. The van der Waals surface area contributed by atoms with Gasteiger partial charge in [0.25, 0.3) is 0 Å². The predicted octanol–water partition coefficient (Wildman–Crippen LogP) is 2.45. The van der Waals surface area contributed by atoms with Crippen LogP contribution in [0.15, 0.2) is 12.2 Å². The maximum atomic E-state index is 11.5. The van der Waals surface area contributed by atoms with E-state index in [9.17, 15) is 9.59 Å². The summed E-state index contributed by atoms with van der Waals surface area (Å²) in [5.74, 6) is -0.420. The van der Waals surface area contributed by atoms with Crippen LogP contribution in [-0.4, -0.2) is 35.0 Å². The molecule has 104 valence electrons. The number of hydrogen-bond donors (Lipinski definition) is 2. The molecule has 18 heavy (non-hydrogen) atoms. The standard InChI is InChI=1S/C13H23NO3S/c1-3-4-5-6-7-8-12(15)14-11(13(16)17)9-10-18-2/h5-6,11H,3-4,7-10H2,1-2H3,(H,14,15)(H,16,17)/t11-/m0/s1. The van der Waals surface area contributed by atoms with Gasteiger partial charge < -0.3 is 10.4 Å². The van der Waals surface area contributed by atoms with Crippen molar-refractivity contribution in [3.8, 4) is 0 Å². The zero-order valence-electron chi connectivity index (χ0n) is 11.1. The molecule has 0 bridgehead atoms. The Balaban J connectivity index is 3.91. The summed E-state index contributed by atoms with van der Waals surface area (Å²) in [4.78, 5) is 22.5. The molecule has 5 heteroatoms. The molecule has 0 aromatic rings. The largest absolute Gasteiger partial charge is 0.480 e. The normalized spacial score (nSPS) is 12.6. The van der Waals surface area contributed by atoms with Crippen molar-refractivity contribution in [2.75, 3.05) is 12.0 Å². The van der Waals surface area contributed by atoms with E-state index in [0.717, 1.165) is 18.6 Å². The second-order valence-electron chi connectivity index (χ2n) is 4.04. The monoisotopic (exact) mass is 273 g/mol. The molecule has 0 aliphatic heterocycles. The Morgan fingerprint density at radius 3 is 2.56 bits per heavy atom. The minimum absolute atomic E-state index is 0.190. The Labute approximate surface area is 113 Å². The molecule has 0 radical (unpaired) electrons. The number of unbranched alkanes of at least 4 members (excludes halogenated alkanes) is 1. The average Bonchev–Trinajstić information content (AvgIpc) is 2.33. The molecule has 0 fully saturated rings. The molecule has 4 nitrogen and oxygen atoms in total. The highest BCUT2D eigenvalue weighted by atomic mass is 32.2. The smallest absolute Gasteiger partial charge is 0.326 e. The number of carboxylic acids is 1. The van der Waals surface area contributed by atoms with E-state index >= 15 is 0 Å². The summed E-state index contributed by atoms with van der Waals surface area (Å²) in [6.07, 6.45) is 9.54. The van der Waals surface area contributed by atoms with Crippen molar-refractivity contribution in [1.29, 1.82) is 0 Å². The number of thioether (sulfide) groups is 1. The topological polar surface area (TPSA) is 66.4 Å². The lowest BCUT2D eigenvalue weighted by Gasteiger charge is -2.13. The third kappa shape index (κ3) is 9.10. The van der Waals surface area contributed by atoms with E-state index in [0.29, 0.717) is 19.3 Å². The maximum Gasteiger partial charge on any atom is 0.326 e. The van der Waals surface area contributed by atoms with Crippen molar-refractivity contribution in [3.05, 3.63) is 12.2 Å². The second kappa shape index (κ2) is 11.1. The summed E-state index contributed by atoms with van der Waals surface area (Å²) in [7, 11) is 0. The molecule has 0 unspecified atom stereocenters. The lowest BCUT2D eigenvalue weighted by molar-refractivity contribution is -0.141. The van der Waals surface area contributed by atoms with E-state index < -0.39 is 12.0 Å². The molecule has 0 aliphatic rings. The Hall–Kier alpha value is -0.970. The molecule has 0 heterocycles. The lowest BCUT2D eigenvalue weighted by Crippen LogP contribution is -2.41. The Kier molecular flexibility index (Phi) is 10.5. The van der Waals surface area contributed by atoms with Crippen LogP contribution >= 0.6 is 11.8 Å². The van der Waals surface area contributed by atoms with Crippen LogP contribution in [0, 0.1) is 0 Å². The van der Waals surface area contributed by atoms with Gasteiger partial charge in [0, 0.05) is 6.42 Å². The zero-order chi connectivity index (χ0) is 13.8. The first kappa shape index (κ1) is 17.0. The summed E-state index contributed by atoms with van der Waals surface area (Å²) in [6.45, 7) is 2.10. The van der Waals surface area contributed by atoms with Gasteiger partial charge in [0.2, 0.25) is 5.91 Å². The van der Waals surface area contributed by atoms with E-state index in [-0.39, 0.29) is 5.91 Å². The van der Waals surface area contributed by atoms with Crippen LogP contribution in [-0.2, 0) is 9.59 Å². The van der Waals surface area contributed by atoms with E-state index in [1.165, 1.54) is 0 Å². The average molecular weight is 273 g/mol. The first-order valence-corrected chi connectivity index (χ1v) is 7.67. The molecule has 0 spiro atoms. The molecular formula is C13H23NO3S. The number of aliphatic carboxylic acids is 1. The van der Waals surface area contributed by atoms with E-state index in [1.54, 1.807) is 11.8 Å². The number of carbonyl (C=O) groups excluding carboxylic acids is 1. The molecule has 2 N–H and O–H groups in total. The van der Waals surface area contributed by atoms with Gasteiger partial charge in [-0.3, -0.25) is 4.79 Å². The summed E-state index contributed by atoms with van der Waals surface area (Å²) < 4.78 is 0. The van der Waals surface area contributed by atoms with Crippen LogP contribution in [0.2, 0.25) is 0 Å². The summed E-state index contributed by atoms with van der Waals surface area (Å²) in [6, 6.07) is -0.760. The summed E-state index contributed by atoms with van der Waals surface area (Å²) in [5.41, 5.74) is 0. The van der Waals surface area contributed by atoms with E-state index in [1.807, 2.05) is 12.3 Å². The number of amides is 1. The Morgan fingerprint density at radius 1 is 1.33 bits per heavy atom.